The molecule has 0 heterocycles. The van der Waals surface area contributed by atoms with Gasteiger partial charge in [0.05, 0.1) is 10.9 Å². The minimum atomic E-state index is -1.17. The highest BCUT2D eigenvalue weighted by Gasteiger charge is 2.42. The lowest BCUT2D eigenvalue weighted by molar-refractivity contribution is -0.142. The highest BCUT2D eigenvalue weighted by Crippen LogP contribution is 2.41. The standard InChI is InChI=1S/C15H15ClF2O3/c1-2-7-3-8(9(4-7)15(20)21)14(19)10-5-12(17)13(18)6-11(10)16/h5-9H,2-4H2,1H3,(H,20,21). The first-order chi connectivity index (χ1) is 9.85. The zero-order valence-electron chi connectivity index (χ0n) is 11.4. The second-order valence-electron chi connectivity index (χ2n) is 5.41. The summed E-state index contributed by atoms with van der Waals surface area (Å²) in [6.45, 7) is 1.93. The Morgan fingerprint density at radius 3 is 2.38 bits per heavy atom. The van der Waals surface area contributed by atoms with E-state index >= 15 is 0 Å². The van der Waals surface area contributed by atoms with Crippen LogP contribution in [0.25, 0.3) is 0 Å². The average Bonchev–Trinajstić information content (AvgIpc) is 2.86. The summed E-state index contributed by atoms with van der Waals surface area (Å²) in [7, 11) is 0. The molecule has 0 spiro atoms. The number of hydrogen-bond donors (Lipinski definition) is 1. The van der Waals surface area contributed by atoms with Gasteiger partial charge in [0.2, 0.25) is 0 Å². The molecule has 0 amide bonds. The van der Waals surface area contributed by atoms with Crippen molar-refractivity contribution in [3.8, 4) is 0 Å². The molecule has 1 N–H and O–H groups in total. The maximum Gasteiger partial charge on any atom is 0.307 e. The molecule has 1 aliphatic carbocycles. The first kappa shape index (κ1) is 15.9. The summed E-state index contributed by atoms with van der Waals surface area (Å²) in [6, 6.07) is 1.49. The van der Waals surface area contributed by atoms with Gasteiger partial charge in [0.25, 0.3) is 0 Å². The molecule has 1 saturated carbocycles. The molecule has 0 aliphatic heterocycles. The van der Waals surface area contributed by atoms with Crippen molar-refractivity contribution in [1.82, 2.24) is 0 Å². The lowest BCUT2D eigenvalue weighted by Crippen LogP contribution is -2.25. The number of halogens is 3. The largest absolute Gasteiger partial charge is 0.481 e. The van der Waals surface area contributed by atoms with Crippen molar-refractivity contribution in [1.29, 1.82) is 0 Å². The SMILES string of the molecule is CCC1CC(C(=O)O)C(C(=O)c2cc(F)c(F)cc2Cl)C1. The van der Waals surface area contributed by atoms with Crippen LogP contribution in [-0.4, -0.2) is 16.9 Å². The molecule has 1 fully saturated rings. The molecule has 1 aliphatic rings. The maximum absolute atomic E-state index is 13.3. The van der Waals surface area contributed by atoms with Crippen molar-refractivity contribution in [3.63, 3.8) is 0 Å². The number of aliphatic carboxylic acids is 1. The number of carbonyl (C=O) groups is 2. The second kappa shape index (κ2) is 6.10. The Morgan fingerprint density at radius 2 is 1.81 bits per heavy atom. The van der Waals surface area contributed by atoms with E-state index in [1.54, 1.807) is 0 Å². The van der Waals surface area contributed by atoms with Crippen LogP contribution in [0.4, 0.5) is 8.78 Å². The summed E-state index contributed by atoms with van der Waals surface area (Å²) in [5.74, 6) is -5.26. The molecule has 0 aromatic heterocycles. The van der Waals surface area contributed by atoms with Gasteiger partial charge < -0.3 is 5.11 Å². The molecule has 21 heavy (non-hydrogen) atoms. The lowest BCUT2D eigenvalue weighted by atomic mass is 9.88. The third-order valence-electron chi connectivity index (χ3n) is 4.17. The van der Waals surface area contributed by atoms with Crippen molar-refractivity contribution < 1.29 is 23.5 Å². The van der Waals surface area contributed by atoms with Crippen molar-refractivity contribution in [3.05, 3.63) is 34.4 Å². The predicted molar refractivity (Wildman–Crippen MR) is 73.3 cm³/mol. The first-order valence-electron chi connectivity index (χ1n) is 6.76. The summed E-state index contributed by atoms with van der Waals surface area (Å²) < 4.78 is 26.4. The van der Waals surface area contributed by atoms with E-state index in [1.165, 1.54) is 0 Å². The maximum atomic E-state index is 13.3. The summed E-state index contributed by atoms with van der Waals surface area (Å²) >= 11 is 5.80. The van der Waals surface area contributed by atoms with E-state index < -0.39 is 35.2 Å². The number of benzene rings is 1. The van der Waals surface area contributed by atoms with Crippen LogP contribution in [0.15, 0.2) is 12.1 Å². The summed E-state index contributed by atoms with van der Waals surface area (Å²) in [6.07, 6.45) is 1.63. The van der Waals surface area contributed by atoms with Crippen LogP contribution < -0.4 is 0 Å². The van der Waals surface area contributed by atoms with Gasteiger partial charge in [-0.1, -0.05) is 24.9 Å². The molecule has 0 radical (unpaired) electrons. The average molecular weight is 317 g/mol. The molecule has 0 bridgehead atoms. The molecule has 1 aromatic rings. The molecule has 1 aromatic carbocycles. The van der Waals surface area contributed by atoms with E-state index in [0.717, 1.165) is 18.6 Å². The Labute approximate surface area is 125 Å². The normalized spacial score (nSPS) is 25.0. The number of Topliss-reactive ketones (excluding diaryl/α,β-unsaturated/α-hetero) is 1. The van der Waals surface area contributed by atoms with Crippen LogP contribution in [0.1, 0.15) is 36.5 Å². The highest BCUT2D eigenvalue weighted by atomic mass is 35.5. The smallest absolute Gasteiger partial charge is 0.307 e. The van der Waals surface area contributed by atoms with Crippen LogP contribution in [0.5, 0.6) is 0 Å². The molecular weight excluding hydrogens is 302 g/mol. The van der Waals surface area contributed by atoms with Crippen molar-refractivity contribution in [2.45, 2.75) is 26.2 Å². The van der Waals surface area contributed by atoms with Crippen molar-refractivity contribution in [2.75, 3.05) is 0 Å². The second-order valence-corrected chi connectivity index (χ2v) is 5.81. The van der Waals surface area contributed by atoms with Gasteiger partial charge in [-0.05, 0) is 30.9 Å². The summed E-state index contributed by atoms with van der Waals surface area (Å²) in [5.41, 5.74) is -0.149. The third kappa shape index (κ3) is 3.07. The fourth-order valence-corrected chi connectivity index (χ4v) is 3.19. The number of carboxylic acid groups (broad SMARTS) is 1. The van der Waals surface area contributed by atoms with Gasteiger partial charge in [-0.15, -0.1) is 0 Å². The number of rotatable bonds is 4. The number of ketones is 1. The molecule has 6 heteroatoms. The molecule has 3 atom stereocenters. The van der Waals surface area contributed by atoms with E-state index in [0.29, 0.717) is 12.8 Å². The van der Waals surface area contributed by atoms with E-state index in [-0.39, 0.29) is 16.5 Å². The molecule has 2 rings (SSSR count). The third-order valence-corrected chi connectivity index (χ3v) is 4.48. The number of carbonyl (C=O) groups excluding carboxylic acids is 1. The van der Waals surface area contributed by atoms with Crippen LogP contribution in [0, 0.1) is 29.4 Å². The van der Waals surface area contributed by atoms with Gasteiger partial charge in [0.1, 0.15) is 0 Å². The van der Waals surface area contributed by atoms with Crippen LogP contribution >= 0.6 is 11.6 Å². The van der Waals surface area contributed by atoms with Gasteiger partial charge in [-0.25, -0.2) is 8.78 Å². The minimum absolute atomic E-state index is 0.143. The number of hydrogen-bond acceptors (Lipinski definition) is 2. The summed E-state index contributed by atoms with van der Waals surface area (Å²) in [4.78, 5) is 23.8. The van der Waals surface area contributed by atoms with Gasteiger partial charge in [0, 0.05) is 11.5 Å². The van der Waals surface area contributed by atoms with E-state index in [9.17, 15) is 23.5 Å². The first-order valence-corrected chi connectivity index (χ1v) is 7.14. The topological polar surface area (TPSA) is 54.4 Å². The Morgan fingerprint density at radius 1 is 1.24 bits per heavy atom. The Balaban J connectivity index is 2.34. The highest BCUT2D eigenvalue weighted by molar-refractivity contribution is 6.34. The molecule has 114 valence electrons. The molecule has 0 saturated heterocycles. The van der Waals surface area contributed by atoms with Crippen LogP contribution in [0.3, 0.4) is 0 Å². The fraction of sp³-hybridized carbons (Fsp3) is 0.467. The van der Waals surface area contributed by atoms with Gasteiger partial charge in [-0.2, -0.15) is 0 Å². The molecule has 3 unspecified atom stereocenters. The summed E-state index contributed by atoms with van der Waals surface area (Å²) in [5, 5.41) is 9.05. The Hall–Kier alpha value is -1.49. The zero-order valence-corrected chi connectivity index (χ0v) is 12.2. The van der Waals surface area contributed by atoms with E-state index in [2.05, 4.69) is 0 Å². The van der Waals surface area contributed by atoms with Gasteiger partial charge in [0.15, 0.2) is 17.4 Å². The van der Waals surface area contributed by atoms with Gasteiger partial charge in [-0.3, -0.25) is 9.59 Å². The van der Waals surface area contributed by atoms with Crippen molar-refractivity contribution >= 4 is 23.4 Å². The Bertz CT molecular complexity index is 589. The van der Waals surface area contributed by atoms with Crippen LogP contribution in [-0.2, 0) is 4.79 Å². The van der Waals surface area contributed by atoms with Crippen molar-refractivity contribution in [2.24, 2.45) is 17.8 Å². The zero-order chi connectivity index (χ0) is 15.7. The fourth-order valence-electron chi connectivity index (χ4n) is 2.95. The number of carboxylic acids is 1. The van der Waals surface area contributed by atoms with Gasteiger partial charge >= 0.3 is 5.97 Å². The molecular formula is C15H15ClF2O3. The van der Waals surface area contributed by atoms with E-state index in [1.807, 2.05) is 6.92 Å². The van der Waals surface area contributed by atoms with E-state index in [4.69, 9.17) is 11.6 Å². The minimum Gasteiger partial charge on any atom is -0.481 e. The predicted octanol–water partition coefficient (Wildman–Crippen LogP) is 3.94. The Kier molecular flexibility index (Phi) is 4.61. The monoisotopic (exact) mass is 316 g/mol. The van der Waals surface area contributed by atoms with Crippen LogP contribution in [0.2, 0.25) is 5.02 Å². The quantitative estimate of drug-likeness (QED) is 0.676. The lowest BCUT2D eigenvalue weighted by Gasteiger charge is -2.15. The molecule has 3 nitrogen and oxygen atoms in total.